The lowest BCUT2D eigenvalue weighted by Gasteiger charge is -1.97. The molecule has 0 atom stereocenters. The summed E-state index contributed by atoms with van der Waals surface area (Å²) in [5.41, 5.74) is -5.53. The van der Waals surface area contributed by atoms with Crippen molar-refractivity contribution in [3.05, 3.63) is 34.3 Å². The van der Waals surface area contributed by atoms with Gasteiger partial charge in [0.15, 0.2) is 0 Å². The van der Waals surface area contributed by atoms with Crippen LogP contribution in [0.3, 0.4) is 0 Å². The molecule has 9 heteroatoms. The molecule has 0 aliphatic rings. The maximum absolute atomic E-state index is 10.7. The summed E-state index contributed by atoms with van der Waals surface area (Å²) in [4.78, 5) is 0. The van der Waals surface area contributed by atoms with Crippen molar-refractivity contribution in [2.24, 2.45) is 0 Å². The Balaban J connectivity index is 0.000000281. The van der Waals surface area contributed by atoms with E-state index in [0.717, 1.165) is 0 Å². The molecule has 0 radical (unpaired) electrons. The second kappa shape index (κ2) is 5.72. The highest BCUT2D eigenvalue weighted by atomic mass is 35.5. The number of hydrogen-bond donors (Lipinski definition) is 1. The van der Waals surface area contributed by atoms with Crippen molar-refractivity contribution in [2.45, 2.75) is 5.51 Å². The maximum Gasteiger partial charge on any atom is 0.522 e. The van der Waals surface area contributed by atoms with Crippen LogP contribution in [0.1, 0.15) is 0 Å². The van der Waals surface area contributed by atoms with Crippen molar-refractivity contribution in [1.29, 1.82) is 0 Å². The Morgan fingerprint density at radius 1 is 1.06 bits per heavy atom. The van der Waals surface area contributed by atoms with Gasteiger partial charge in [-0.3, -0.25) is 4.55 Å². The van der Waals surface area contributed by atoms with E-state index >= 15 is 0 Å². The molecule has 1 N–H and O–H groups in total. The van der Waals surface area contributed by atoms with E-state index in [-0.39, 0.29) is 0 Å². The van der Waals surface area contributed by atoms with Crippen LogP contribution in [0.2, 0.25) is 10.0 Å². The molecule has 1 aromatic rings. The zero-order chi connectivity index (χ0) is 13.0. The molecule has 0 amide bonds. The van der Waals surface area contributed by atoms with Crippen molar-refractivity contribution in [3.63, 3.8) is 0 Å². The first-order chi connectivity index (χ1) is 7.05. The van der Waals surface area contributed by atoms with Crippen LogP contribution in [-0.2, 0) is 10.1 Å². The highest BCUT2D eigenvalue weighted by molar-refractivity contribution is 7.86. The molecule has 0 saturated heterocycles. The van der Waals surface area contributed by atoms with E-state index in [2.05, 4.69) is 0 Å². The second-order valence-corrected chi connectivity index (χ2v) is 4.56. The highest BCUT2D eigenvalue weighted by Crippen LogP contribution is 2.20. The quantitative estimate of drug-likeness (QED) is 0.590. The van der Waals surface area contributed by atoms with Gasteiger partial charge in [-0.15, -0.1) is 0 Å². The lowest BCUT2D eigenvalue weighted by molar-refractivity contribution is -0.0510. The van der Waals surface area contributed by atoms with Gasteiger partial charge in [0, 0.05) is 0 Å². The van der Waals surface area contributed by atoms with Crippen LogP contribution in [-0.4, -0.2) is 18.5 Å². The molecule has 0 aliphatic carbocycles. The van der Waals surface area contributed by atoms with Gasteiger partial charge in [0.05, 0.1) is 10.0 Å². The molecule has 0 fully saturated rings. The Hall–Kier alpha value is -0.500. The Morgan fingerprint density at radius 3 is 1.44 bits per heavy atom. The van der Waals surface area contributed by atoms with Crippen molar-refractivity contribution in [1.82, 2.24) is 0 Å². The highest BCUT2D eigenvalue weighted by Gasteiger charge is 2.44. The van der Waals surface area contributed by atoms with Crippen LogP contribution >= 0.6 is 23.2 Å². The number of halogens is 5. The first-order valence-corrected chi connectivity index (χ1v) is 5.69. The number of benzene rings is 1. The molecular weight excluding hydrogens is 292 g/mol. The van der Waals surface area contributed by atoms with Crippen molar-refractivity contribution in [2.75, 3.05) is 0 Å². The number of hydrogen-bond acceptors (Lipinski definition) is 2. The van der Waals surface area contributed by atoms with Crippen LogP contribution in [0.4, 0.5) is 13.2 Å². The standard InChI is InChI=1S/C6H4Cl2.CHF3O3S/c7-5-3-1-2-4-6(5)8;2-1(3,4)8(5,6)7/h1-4H;(H,5,6,7). The largest absolute Gasteiger partial charge is 0.522 e. The molecule has 1 aromatic carbocycles. The van der Waals surface area contributed by atoms with Gasteiger partial charge in [0.1, 0.15) is 0 Å². The smallest absolute Gasteiger partial charge is 0.279 e. The third-order valence-electron chi connectivity index (χ3n) is 1.12. The van der Waals surface area contributed by atoms with Gasteiger partial charge in [-0.25, -0.2) is 0 Å². The van der Waals surface area contributed by atoms with E-state index in [0.29, 0.717) is 10.0 Å². The minimum Gasteiger partial charge on any atom is -0.279 e. The second-order valence-electron chi connectivity index (χ2n) is 2.33. The van der Waals surface area contributed by atoms with E-state index in [1.54, 1.807) is 12.1 Å². The Morgan fingerprint density at radius 2 is 1.31 bits per heavy atom. The molecule has 0 spiro atoms. The van der Waals surface area contributed by atoms with Gasteiger partial charge in [0.25, 0.3) is 0 Å². The Labute approximate surface area is 99.5 Å². The van der Waals surface area contributed by atoms with E-state index in [1.165, 1.54) is 0 Å². The topological polar surface area (TPSA) is 54.4 Å². The van der Waals surface area contributed by atoms with Crippen LogP contribution in [0, 0.1) is 0 Å². The lowest BCUT2D eigenvalue weighted by atomic mass is 10.4. The summed E-state index contributed by atoms with van der Waals surface area (Å²) in [6.07, 6.45) is 0. The summed E-state index contributed by atoms with van der Waals surface area (Å²) in [5, 5.41) is 1.21. The zero-order valence-electron chi connectivity index (χ0n) is 7.37. The lowest BCUT2D eigenvalue weighted by Crippen LogP contribution is -2.21. The van der Waals surface area contributed by atoms with Gasteiger partial charge >= 0.3 is 15.6 Å². The molecule has 0 saturated carbocycles. The number of alkyl halides is 3. The fraction of sp³-hybridized carbons (Fsp3) is 0.143. The molecule has 16 heavy (non-hydrogen) atoms. The summed E-state index contributed by atoms with van der Waals surface area (Å²) in [6.45, 7) is 0. The van der Waals surface area contributed by atoms with E-state index in [9.17, 15) is 13.2 Å². The SMILES string of the molecule is Clc1ccccc1Cl.O=S(=O)(O)C(F)(F)F. The fourth-order valence-electron chi connectivity index (χ4n) is 0.439. The average Bonchev–Trinajstić information content (AvgIpc) is 2.08. The van der Waals surface area contributed by atoms with Crippen molar-refractivity contribution in [3.8, 4) is 0 Å². The van der Waals surface area contributed by atoms with E-state index in [4.69, 9.17) is 36.2 Å². The first kappa shape index (κ1) is 15.5. The zero-order valence-corrected chi connectivity index (χ0v) is 9.70. The molecule has 92 valence electrons. The molecular formula is C7H5Cl2F3O3S. The maximum atomic E-state index is 10.7. The van der Waals surface area contributed by atoms with E-state index in [1.807, 2.05) is 12.1 Å². The van der Waals surface area contributed by atoms with Crippen molar-refractivity contribution < 1.29 is 26.1 Å². The van der Waals surface area contributed by atoms with Gasteiger partial charge < -0.3 is 0 Å². The normalized spacial score (nSPS) is 11.6. The summed E-state index contributed by atoms with van der Waals surface area (Å²) in [5.74, 6) is 0. The third-order valence-corrected chi connectivity index (χ3v) is 2.46. The molecule has 1 rings (SSSR count). The summed E-state index contributed by atoms with van der Waals surface area (Å²) in [7, 11) is -5.84. The van der Waals surface area contributed by atoms with Crippen LogP contribution < -0.4 is 0 Å². The summed E-state index contributed by atoms with van der Waals surface area (Å²) in [6, 6.07) is 7.19. The summed E-state index contributed by atoms with van der Waals surface area (Å²) >= 11 is 11.2. The predicted octanol–water partition coefficient (Wildman–Crippen LogP) is 3.39. The molecule has 0 bridgehead atoms. The molecule has 0 aromatic heterocycles. The summed E-state index contributed by atoms with van der Waals surface area (Å²) < 4.78 is 57.5. The van der Waals surface area contributed by atoms with Gasteiger partial charge in [-0.2, -0.15) is 21.6 Å². The molecule has 0 unspecified atom stereocenters. The van der Waals surface area contributed by atoms with Gasteiger partial charge in [-0.05, 0) is 12.1 Å². The molecule has 0 aliphatic heterocycles. The van der Waals surface area contributed by atoms with Gasteiger partial charge in [0.2, 0.25) is 0 Å². The minimum atomic E-state index is -5.84. The van der Waals surface area contributed by atoms with Crippen LogP contribution in [0.25, 0.3) is 0 Å². The fourth-order valence-corrected chi connectivity index (χ4v) is 0.711. The third kappa shape index (κ3) is 5.55. The average molecular weight is 297 g/mol. The Bertz CT molecular complexity index is 423. The predicted molar refractivity (Wildman–Crippen MR) is 54.1 cm³/mol. The van der Waals surface area contributed by atoms with Crippen molar-refractivity contribution >= 4 is 33.3 Å². The molecule has 0 heterocycles. The Kier molecular flexibility index (Phi) is 5.54. The number of rotatable bonds is 0. The monoisotopic (exact) mass is 296 g/mol. The molecule has 3 nitrogen and oxygen atoms in total. The van der Waals surface area contributed by atoms with Gasteiger partial charge in [-0.1, -0.05) is 35.3 Å². The minimum absolute atomic E-state index is 0.606. The first-order valence-electron chi connectivity index (χ1n) is 3.49. The van der Waals surface area contributed by atoms with E-state index < -0.39 is 15.6 Å². The van der Waals surface area contributed by atoms with Crippen LogP contribution in [0.5, 0.6) is 0 Å². The van der Waals surface area contributed by atoms with Crippen LogP contribution in [0.15, 0.2) is 24.3 Å².